The predicted octanol–water partition coefficient (Wildman–Crippen LogP) is 3.46. The van der Waals surface area contributed by atoms with E-state index >= 15 is 0 Å². The summed E-state index contributed by atoms with van der Waals surface area (Å²) >= 11 is 0. The summed E-state index contributed by atoms with van der Waals surface area (Å²) < 4.78 is 11.2. The first-order chi connectivity index (χ1) is 16.2. The minimum atomic E-state index is -0.563. The zero-order valence-electron chi connectivity index (χ0n) is 19.6. The van der Waals surface area contributed by atoms with Gasteiger partial charge in [-0.1, -0.05) is 0 Å². The molecule has 0 aromatic carbocycles. The van der Waals surface area contributed by atoms with Gasteiger partial charge in [0.1, 0.15) is 17.1 Å². The number of imidazole rings is 1. The second-order valence-corrected chi connectivity index (χ2v) is 9.73. The largest absolute Gasteiger partial charge is 0.444 e. The molecule has 0 aliphatic carbocycles. The highest BCUT2D eigenvalue weighted by Gasteiger charge is 2.47. The molecule has 0 bridgehead atoms. The van der Waals surface area contributed by atoms with E-state index in [1.807, 2.05) is 73.7 Å². The number of rotatable bonds is 4. The van der Waals surface area contributed by atoms with Gasteiger partial charge in [0, 0.05) is 55.2 Å². The molecule has 34 heavy (non-hydrogen) atoms. The third-order valence-corrected chi connectivity index (χ3v) is 5.92. The average molecular weight is 459 g/mol. The number of carbonyl (C=O) groups excluding carboxylic acids is 1. The van der Waals surface area contributed by atoms with Gasteiger partial charge in [-0.2, -0.15) is 10.4 Å². The molecule has 0 atom stereocenters. The van der Waals surface area contributed by atoms with Crippen LogP contribution in [-0.2, 0) is 17.3 Å². The average Bonchev–Trinajstić information content (AvgIpc) is 3.48. The normalized spacial score (nSPS) is 15.2. The molecule has 0 spiro atoms. The Morgan fingerprint density at radius 2 is 2.03 bits per heavy atom. The summed E-state index contributed by atoms with van der Waals surface area (Å²) in [4.78, 5) is 23.5. The van der Waals surface area contributed by atoms with Gasteiger partial charge in [0.25, 0.3) is 0 Å². The van der Waals surface area contributed by atoms with Crippen LogP contribution in [0.15, 0.2) is 49.3 Å². The zero-order chi connectivity index (χ0) is 24.1. The summed E-state index contributed by atoms with van der Waals surface area (Å²) in [6.45, 7) is 6.35. The second kappa shape index (κ2) is 7.73. The highest BCUT2D eigenvalue weighted by atomic mass is 16.6. The van der Waals surface area contributed by atoms with Gasteiger partial charge in [-0.25, -0.2) is 14.8 Å². The minimum Gasteiger partial charge on any atom is -0.444 e. The van der Waals surface area contributed by atoms with Crippen molar-refractivity contribution in [3.8, 4) is 28.7 Å². The summed E-state index contributed by atoms with van der Waals surface area (Å²) in [6, 6.07) is 6.19. The Kier molecular flexibility index (Phi) is 4.93. The van der Waals surface area contributed by atoms with Crippen molar-refractivity contribution < 1.29 is 9.53 Å². The smallest absolute Gasteiger partial charge is 0.410 e. The summed E-state index contributed by atoms with van der Waals surface area (Å²) in [5.74, 6) is 0.739. The maximum Gasteiger partial charge on any atom is 0.410 e. The number of amides is 1. The van der Waals surface area contributed by atoms with Crippen LogP contribution in [0.1, 0.15) is 27.2 Å². The molecule has 0 N–H and O–H groups in total. The Morgan fingerprint density at radius 3 is 2.71 bits per heavy atom. The van der Waals surface area contributed by atoms with Crippen molar-refractivity contribution >= 4 is 11.7 Å². The van der Waals surface area contributed by atoms with E-state index in [-0.39, 0.29) is 12.5 Å². The molecule has 0 unspecified atom stereocenters. The number of nitriles is 1. The first kappa shape index (κ1) is 21.7. The van der Waals surface area contributed by atoms with Crippen LogP contribution in [0.3, 0.4) is 0 Å². The number of hydrogen-bond acceptors (Lipinski definition) is 6. The predicted molar refractivity (Wildman–Crippen MR) is 125 cm³/mol. The number of likely N-dealkylation sites (tertiary alicyclic amines) is 1. The summed E-state index contributed by atoms with van der Waals surface area (Å²) in [6.07, 6.45) is 11.2. The quantitative estimate of drug-likeness (QED) is 0.464. The molecule has 1 saturated heterocycles. The van der Waals surface area contributed by atoms with Gasteiger partial charge < -0.3 is 14.2 Å². The van der Waals surface area contributed by atoms with E-state index in [0.29, 0.717) is 13.1 Å². The highest BCUT2D eigenvalue weighted by molar-refractivity contribution is 5.70. The molecule has 1 aliphatic rings. The van der Waals surface area contributed by atoms with E-state index in [1.165, 1.54) is 0 Å². The summed E-state index contributed by atoms with van der Waals surface area (Å²) in [5, 5.41) is 13.8. The summed E-state index contributed by atoms with van der Waals surface area (Å²) in [7, 11) is 1.87. The first-order valence-corrected chi connectivity index (χ1v) is 11.0. The molecule has 1 fully saturated rings. The number of carbonyl (C=O) groups is 1. The van der Waals surface area contributed by atoms with Gasteiger partial charge >= 0.3 is 6.09 Å². The zero-order valence-corrected chi connectivity index (χ0v) is 19.6. The van der Waals surface area contributed by atoms with Crippen molar-refractivity contribution in [3.05, 3.63) is 49.3 Å². The van der Waals surface area contributed by atoms with Crippen molar-refractivity contribution in [2.24, 2.45) is 7.05 Å². The maximum atomic E-state index is 12.5. The van der Waals surface area contributed by atoms with Crippen LogP contribution >= 0.6 is 0 Å². The fourth-order valence-corrected chi connectivity index (χ4v) is 4.29. The van der Waals surface area contributed by atoms with Crippen LogP contribution < -0.4 is 0 Å². The number of aryl methyl sites for hydroxylation is 1. The molecular formula is C24H26N8O2. The Bertz CT molecular complexity index is 1410. The van der Waals surface area contributed by atoms with E-state index in [4.69, 9.17) is 9.72 Å². The number of ether oxygens (including phenoxy) is 1. The lowest BCUT2D eigenvalue weighted by Crippen LogP contribution is -2.64. The van der Waals surface area contributed by atoms with Gasteiger partial charge in [0.15, 0.2) is 0 Å². The Labute approximate surface area is 197 Å². The van der Waals surface area contributed by atoms with Crippen molar-refractivity contribution in [1.82, 2.24) is 33.6 Å². The van der Waals surface area contributed by atoms with Crippen LogP contribution in [0.25, 0.3) is 28.3 Å². The van der Waals surface area contributed by atoms with E-state index < -0.39 is 11.1 Å². The lowest BCUT2D eigenvalue weighted by molar-refractivity contribution is -0.0274. The maximum absolute atomic E-state index is 12.5. The van der Waals surface area contributed by atoms with E-state index in [2.05, 4.69) is 16.2 Å². The molecule has 0 saturated carbocycles. The van der Waals surface area contributed by atoms with Crippen LogP contribution in [0.2, 0.25) is 0 Å². The number of nitrogens with zero attached hydrogens (tertiary/aromatic N) is 8. The van der Waals surface area contributed by atoms with Crippen molar-refractivity contribution in [1.29, 1.82) is 5.26 Å². The topological polar surface area (TPSA) is 106 Å². The molecule has 5 rings (SSSR count). The number of fused-ring (bicyclic) bond motifs is 1. The Hall–Kier alpha value is -4.13. The molecule has 5 heterocycles. The molecular weight excluding hydrogens is 432 g/mol. The molecule has 1 aliphatic heterocycles. The SMILES string of the molecule is Cn1cc(-c2cc3nccn3c(-c3ccn(C4(CC#N)CN(C(=O)OC(C)(C)C)C4)c3)n2)cn1. The van der Waals surface area contributed by atoms with Crippen LogP contribution in [-0.4, -0.2) is 58.4 Å². The standard InChI is InChI=1S/C24H26N8O2/c1-23(2,3)34-22(33)30-15-24(16-30,6-7-25)31-9-5-17(14-31)21-28-19(18-12-27-29(4)13-18)11-20-26-8-10-32(20)21/h5,8-14H,6,15-16H2,1-4H3. The lowest BCUT2D eigenvalue weighted by Gasteiger charge is -2.49. The van der Waals surface area contributed by atoms with E-state index in [1.54, 1.807) is 22.0 Å². The van der Waals surface area contributed by atoms with E-state index in [9.17, 15) is 10.1 Å². The van der Waals surface area contributed by atoms with Gasteiger partial charge in [0.05, 0.1) is 43.0 Å². The van der Waals surface area contributed by atoms with E-state index in [0.717, 1.165) is 28.3 Å². The fourth-order valence-electron chi connectivity index (χ4n) is 4.29. The second-order valence-electron chi connectivity index (χ2n) is 9.73. The third kappa shape index (κ3) is 3.79. The van der Waals surface area contributed by atoms with Crippen molar-refractivity contribution in [2.75, 3.05) is 13.1 Å². The minimum absolute atomic E-state index is 0.282. The van der Waals surface area contributed by atoms with Gasteiger partial charge in [-0.3, -0.25) is 9.08 Å². The molecule has 4 aromatic heterocycles. The monoisotopic (exact) mass is 458 g/mol. The molecule has 1 amide bonds. The van der Waals surface area contributed by atoms with Gasteiger partial charge in [-0.15, -0.1) is 0 Å². The van der Waals surface area contributed by atoms with Crippen molar-refractivity contribution in [2.45, 2.75) is 38.3 Å². The molecule has 10 nitrogen and oxygen atoms in total. The van der Waals surface area contributed by atoms with Crippen LogP contribution in [0, 0.1) is 11.3 Å². The lowest BCUT2D eigenvalue weighted by atomic mass is 9.86. The van der Waals surface area contributed by atoms with Crippen LogP contribution in [0.5, 0.6) is 0 Å². The van der Waals surface area contributed by atoms with Gasteiger partial charge in [-0.05, 0) is 26.8 Å². The third-order valence-electron chi connectivity index (χ3n) is 5.92. The number of aromatic nitrogens is 6. The molecule has 0 radical (unpaired) electrons. The Balaban J connectivity index is 1.47. The highest BCUT2D eigenvalue weighted by Crippen LogP contribution is 2.35. The van der Waals surface area contributed by atoms with Crippen molar-refractivity contribution in [3.63, 3.8) is 0 Å². The van der Waals surface area contributed by atoms with Gasteiger partial charge in [0.2, 0.25) is 0 Å². The van der Waals surface area contributed by atoms with Crippen LogP contribution in [0.4, 0.5) is 4.79 Å². The Morgan fingerprint density at radius 1 is 1.24 bits per heavy atom. The fraction of sp³-hybridized carbons (Fsp3) is 0.375. The molecule has 10 heteroatoms. The summed E-state index contributed by atoms with van der Waals surface area (Å²) in [5.41, 5.74) is 2.29. The molecule has 174 valence electrons. The number of hydrogen-bond donors (Lipinski definition) is 0. The molecule has 4 aromatic rings. The first-order valence-electron chi connectivity index (χ1n) is 11.0.